The van der Waals surface area contributed by atoms with Gasteiger partial charge in [-0.05, 0) is 18.6 Å². The first-order valence-corrected chi connectivity index (χ1v) is 4.86. The monoisotopic (exact) mass is 273 g/mol. The Morgan fingerprint density at radius 3 is 2.67 bits per heavy atom. The molecule has 0 unspecified atom stereocenters. The lowest BCUT2D eigenvalue weighted by molar-refractivity contribution is -0.385. The van der Waals surface area contributed by atoms with Crippen molar-refractivity contribution in [2.45, 2.75) is 13.3 Å². The largest absolute Gasteiger partial charge is 0.481 e. The highest BCUT2D eigenvalue weighted by atomic mass is 79.9. The number of nitro groups is 1. The highest BCUT2D eigenvalue weighted by Crippen LogP contribution is 2.27. The summed E-state index contributed by atoms with van der Waals surface area (Å²) in [5, 5.41) is 19.3. The Bertz CT molecular complexity index is 430. The van der Waals surface area contributed by atoms with Crippen molar-refractivity contribution < 1.29 is 14.8 Å². The summed E-state index contributed by atoms with van der Waals surface area (Å²) in [4.78, 5) is 20.6. The van der Waals surface area contributed by atoms with Gasteiger partial charge in [0.1, 0.15) is 0 Å². The molecule has 1 aromatic carbocycles. The van der Waals surface area contributed by atoms with Crippen molar-refractivity contribution in [1.29, 1.82) is 0 Å². The van der Waals surface area contributed by atoms with Gasteiger partial charge in [-0.2, -0.15) is 0 Å². The van der Waals surface area contributed by atoms with Crippen LogP contribution in [-0.4, -0.2) is 16.0 Å². The summed E-state index contributed by atoms with van der Waals surface area (Å²) in [6.45, 7) is 1.71. The van der Waals surface area contributed by atoms with Crippen molar-refractivity contribution in [1.82, 2.24) is 0 Å². The topological polar surface area (TPSA) is 80.4 Å². The third-order valence-corrected chi connectivity index (χ3v) is 2.75. The SMILES string of the molecule is Cc1cc([N+](=O)[O-])c(CC(=O)O)cc1Br. The van der Waals surface area contributed by atoms with Crippen LogP contribution in [0.2, 0.25) is 0 Å². The number of carboxylic acid groups (broad SMARTS) is 1. The highest BCUT2D eigenvalue weighted by molar-refractivity contribution is 9.10. The Balaban J connectivity index is 3.28. The Morgan fingerprint density at radius 1 is 1.60 bits per heavy atom. The number of hydrogen-bond donors (Lipinski definition) is 1. The number of carboxylic acids is 1. The third-order valence-electron chi connectivity index (χ3n) is 1.90. The zero-order valence-corrected chi connectivity index (χ0v) is 9.44. The van der Waals surface area contributed by atoms with Crippen LogP contribution >= 0.6 is 15.9 Å². The van der Waals surface area contributed by atoms with Gasteiger partial charge in [0.05, 0.1) is 11.3 Å². The molecule has 0 aliphatic carbocycles. The van der Waals surface area contributed by atoms with E-state index in [4.69, 9.17) is 5.11 Å². The fourth-order valence-electron chi connectivity index (χ4n) is 1.18. The van der Waals surface area contributed by atoms with Crippen LogP contribution < -0.4 is 0 Å². The first kappa shape index (κ1) is 11.6. The molecule has 0 amide bonds. The van der Waals surface area contributed by atoms with E-state index >= 15 is 0 Å². The van der Waals surface area contributed by atoms with E-state index in [1.165, 1.54) is 12.1 Å². The number of hydrogen-bond acceptors (Lipinski definition) is 3. The first-order valence-electron chi connectivity index (χ1n) is 4.07. The number of carbonyl (C=O) groups is 1. The Labute approximate surface area is 94.0 Å². The number of nitrogens with zero attached hydrogens (tertiary/aromatic N) is 1. The fraction of sp³-hybridized carbons (Fsp3) is 0.222. The number of nitro benzene ring substituents is 1. The molecular formula is C9H8BrNO4. The molecule has 0 saturated heterocycles. The molecule has 0 aliphatic rings. The molecule has 0 heterocycles. The average Bonchev–Trinajstić information content (AvgIpc) is 2.09. The molecule has 0 spiro atoms. The van der Waals surface area contributed by atoms with Gasteiger partial charge in [0.2, 0.25) is 0 Å². The zero-order valence-electron chi connectivity index (χ0n) is 7.86. The van der Waals surface area contributed by atoms with Crippen LogP contribution in [0.3, 0.4) is 0 Å². The lowest BCUT2D eigenvalue weighted by Gasteiger charge is -2.03. The van der Waals surface area contributed by atoms with E-state index in [1.807, 2.05) is 0 Å². The van der Waals surface area contributed by atoms with Gasteiger partial charge in [-0.15, -0.1) is 0 Å². The summed E-state index contributed by atoms with van der Waals surface area (Å²) >= 11 is 3.20. The predicted octanol–water partition coefficient (Wildman–Crippen LogP) is 2.29. The molecule has 0 fully saturated rings. The van der Waals surface area contributed by atoms with Crippen LogP contribution in [0.4, 0.5) is 5.69 Å². The summed E-state index contributed by atoms with van der Waals surface area (Å²) in [5.41, 5.74) is 0.749. The first-order chi connectivity index (χ1) is 6.91. The molecule has 0 saturated carbocycles. The smallest absolute Gasteiger partial charge is 0.308 e. The van der Waals surface area contributed by atoms with E-state index in [9.17, 15) is 14.9 Å². The molecule has 6 heteroatoms. The van der Waals surface area contributed by atoms with Crippen LogP contribution in [0.5, 0.6) is 0 Å². The van der Waals surface area contributed by atoms with E-state index in [1.54, 1.807) is 6.92 Å². The summed E-state index contributed by atoms with van der Waals surface area (Å²) < 4.78 is 0.671. The molecular weight excluding hydrogens is 266 g/mol. The predicted molar refractivity (Wildman–Crippen MR) is 56.9 cm³/mol. The lowest BCUT2D eigenvalue weighted by atomic mass is 10.1. The maximum Gasteiger partial charge on any atom is 0.308 e. The maximum absolute atomic E-state index is 10.7. The molecule has 0 bridgehead atoms. The van der Waals surface area contributed by atoms with E-state index < -0.39 is 10.9 Å². The summed E-state index contributed by atoms with van der Waals surface area (Å²) in [6, 6.07) is 2.84. The van der Waals surface area contributed by atoms with Crippen LogP contribution in [0.15, 0.2) is 16.6 Å². The highest BCUT2D eigenvalue weighted by Gasteiger charge is 2.17. The van der Waals surface area contributed by atoms with Gasteiger partial charge in [-0.25, -0.2) is 0 Å². The Kier molecular flexibility index (Phi) is 3.41. The lowest BCUT2D eigenvalue weighted by Crippen LogP contribution is -2.04. The molecule has 0 aromatic heterocycles. The van der Waals surface area contributed by atoms with Gasteiger partial charge in [0.25, 0.3) is 5.69 Å². The Morgan fingerprint density at radius 2 is 2.20 bits per heavy atom. The van der Waals surface area contributed by atoms with Gasteiger partial charge in [0, 0.05) is 16.1 Å². The normalized spacial score (nSPS) is 10.0. The standard InChI is InChI=1S/C9H8BrNO4/c1-5-2-8(11(14)15)6(3-7(5)10)4-9(12)13/h2-3H,4H2,1H3,(H,12,13). The molecule has 80 valence electrons. The quantitative estimate of drug-likeness (QED) is 0.677. The van der Waals surface area contributed by atoms with Crippen molar-refractivity contribution in [3.8, 4) is 0 Å². The fourth-order valence-corrected chi connectivity index (χ4v) is 1.57. The van der Waals surface area contributed by atoms with E-state index in [-0.39, 0.29) is 17.7 Å². The van der Waals surface area contributed by atoms with Crippen molar-refractivity contribution in [2.24, 2.45) is 0 Å². The number of rotatable bonds is 3. The van der Waals surface area contributed by atoms with Crippen molar-refractivity contribution in [3.05, 3.63) is 37.8 Å². The minimum Gasteiger partial charge on any atom is -0.481 e. The second kappa shape index (κ2) is 4.39. The second-order valence-corrected chi connectivity index (χ2v) is 3.91. The van der Waals surface area contributed by atoms with Crippen LogP contribution in [0, 0.1) is 17.0 Å². The molecule has 1 N–H and O–H groups in total. The number of aryl methyl sites for hydroxylation is 1. The van der Waals surface area contributed by atoms with Gasteiger partial charge >= 0.3 is 5.97 Å². The molecule has 0 atom stereocenters. The molecule has 0 aliphatic heterocycles. The summed E-state index contributed by atoms with van der Waals surface area (Å²) in [7, 11) is 0. The number of halogens is 1. The van der Waals surface area contributed by atoms with E-state index in [0.717, 1.165) is 0 Å². The Hall–Kier alpha value is -1.43. The minimum atomic E-state index is -1.09. The number of benzene rings is 1. The van der Waals surface area contributed by atoms with Gasteiger partial charge in [-0.3, -0.25) is 14.9 Å². The molecule has 0 radical (unpaired) electrons. The average molecular weight is 274 g/mol. The van der Waals surface area contributed by atoms with Crippen LogP contribution in [-0.2, 0) is 11.2 Å². The van der Waals surface area contributed by atoms with Gasteiger partial charge in [-0.1, -0.05) is 15.9 Å². The second-order valence-electron chi connectivity index (χ2n) is 3.06. The summed E-state index contributed by atoms with van der Waals surface area (Å²) in [6.07, 6.45) is -0.352. The van der Waals surface area contributed by atoms with Crippen molar-refractivity contribution in [2.75, 3.05) is 0 Å². The maximum atomic E-state index is 10.7. The molecule has 5 nitrogen and oxygen atoms in total. The minimum absolute atomic E-state index is 0.155. The van der Waals surface area contributed by atoms with Crippen molar-refractivity contribution >= 4 is 27.6 Å². The zero-order chi connectivity index (χ0) is 11.6. The van der Waals surface area contributed by atoms with E-state index in [0.29, 0.717) is 10.0 Å². The van der Waals surface area contributed by atoms with Gasteiger partial charge < -0.3 is 5.11 Å². The van der Waals surface area contributed by atoms with Crippen LogP contribution in [0.1, 0.15) is 11.1 Å². The molecule has 15 heavy (non-hydrogen) atoms. The summed E-state index contributed by atoms with van der Waals surface area (Å²) in [5.74, 6) is -1.09. The van der Waals surface area contributed by atoms with Crippen molar-refractivity contribution in [3.63, 3.8) is 0 Å². The molecule has 1 aromatic rings. The molecule has 1 rings (SSSR count). The third kappa shape index (κ3) is 2.76. The van der Waals surface area contributed by atoms with Gasteiger partial charge in [0.15, 0.2) is 0 Å². The van der Waals surface area contributed by atoms with E-state index in [2.05, 4.69) is 15.9 Å². The number of aliphatic carboxylic acids is 1. The van der Waals surface area contributed by atoms with Crippen LogP contribution in [0.25, 0.3) is 0 Å².